The minimum atomic E-state index is -0.525. The summed E-state index contributed by atoms with van der Waals surface area (Å²) in [6.45, 7) is -0.0821. The van der Waals surface area contributed by atoms with Crippen molar-refractivity contribution in [1.82, 2.24) is 0 Å². The summed E-state index contributed by atoms with van der Waals surface area (Å²) >= 11 is 0. The maximum atomic E-state index is 12.7. The molecule has 0 radical (unpaired) electrons. The summed E-state index contributed by atoms with van der Waals surface area (Å²) in [5.74, 6) is -1.11. The fourth-order valence-electron chi connectivity index (χ4n) is 3.28. The van der Waals surface area contributed by atoms with Gasteiger partial charge in [0.15, 0.2) is 6.61 Å². The molecule has 0 saturated carbocycles. The summed E-state index contributed by atoms with van der Waals surface area (Å²) in [5.41, 5.74) is 2.05. The van der Waals surface area contributed by atoms with Crippen LogP contribution in [0.25, 0.3) is 0 Å². The van der Waals surface area contributed by atoms with Crippen molar-refractivity contribution in [1.29, 1.82) is 0 Å². The van der Waals surface area contributed by atoms with Crippen molar-refractivity contribution in [3.8, 4) is 5.75 Å². The lowest BCUT2D eigenvalue weighted by molar-refractivity contribution is -0.145. The number of hydrogen-bond acceptors (Lipinski definition) is 5. The van der Waals surface area contributed by atoms with E-state index in [1.54, 1.807) is 48.5 Å². The number of hydrogen-bond donors (Lipinski definition) is 0. The third-order valence-corrected chi connectivity index (χ3v) is 4.74. The fourth-order valence-corrected chi connectivity index (χ4v) is 3.28. The molecule has 0 bridgehead atoms. The van der Waals surface area contributed by atoms with Gasteiger partial charge in [-0.25, -0.2) is 9.69 Å². The molecule has 1 aliphatic heterocycles. The van der Waals surface area contributed by atoms with Gasteiger partial charge in [-0.2, -0.15) is 0 Å². The summed E-state index contributed by atoms with van der Waals surface area (Å²) < 4.78 is 10.8. The van der Waals surface area contributed by atoms with Crippen LogP contribution in [0, 0.1) is 0 Å². The van der Waals surface area contributed by atoms with Gasteiger partial charge in [0.2, 0.25) is 0 Å². The molecule has 0 N–H and O–H groups in total. The third kappa shape index (κ3) is 3.93. The highest BCUT2D eigenvalue weighted by molar-refractivity contribution is 6.34. The highest BCUT2D eigenvalue weighted by atomic mass is 16.6. The molecule has 0 spiro atoms. The lowest BCUT2D eigenvalue weighted by atomic mass is 10.1. The average Bonchev–Trinajstić information content (AvgIpc) is 3.03. The normalized spacial score (nSPS) is 12.6. The van der Waals surface area contributed by atoms with Crippen molar-refractivity contribution in [2.45, 2.75) is 6.42 Å². The van der Waals surface area contributed by atoms with Gasteiger partial charge in [-0.05, 0) is 29.8 Å². The second-order valence-corrected chi connectivity index (χ2v) is 6.70. The number of rotatable bonds is 7. The summed E-state index contributed by atoms with van der Waals surface area (Å²) in [5, 5.41) is 0. The molecule has 1 heterocycles. The van der Waals surface area contributed by atoms with Crippen molar-refractivity contribution in [2.75, 3.05) is 18.1 Å². The van der Waals surface area contributed by atoms with E-state index in [1.165, 1.54) is 0 Å². The van der Waals surface area contributed by atoms with Gasteiger partial charge in [0.1, 0.15) is 5.75 Å². The number of benzene rings is 3. The molecule has 2 amide bonds. The van der Waals surface area contributed by atoms with E-state index in [0.29, 0.717) is 23.2 Å². The van der Waals surface area contributed by atoms with Crippen LogP contribution in [0.3, 0.4) is 0 Å². The molecule has 3 aromatic rings. The van der Waals surface area contributed by atoms with Gasteiger partial charge in [0.25, 0.3) is 11.8 Å². The monoisotopic (exact) mass is 401 g/mol. The molecule has 6 heteroatoms. The summed E-state index contributed by atoms with van der Waals surface area (Å²) in [7, 11) is 0. The number of para-hydroxylation sites is 2. The Morgan fingerprint density at radius 3 is 2.07 bits per heavy atom. The van der Waals surface area contributed by atoms with Gasteiger partial charge in [-0.1, -0.05) is 54.6 Å². The van der Waals surface area contributed by atoms with E-state index >= 15 is 0 Å². The van der Waals surface area contributed by atoms with E-state index in [4.69, 9.17) is 9.47 Å². The average molecular weight is 401 g/mol. The first-order chi connectivity index (χ1) is 14.6. The molecular formula is C24H19NO5. The number of ether oxygens (including phenoxy) is 2. The lowest BCUT2D eigenvalue weighted by Crippen LogP contribution is -2.30. The Bertz CT molecular complexity index is 1060. The molecule has 0 aromatic heterocycles. The van der Waals surface area contributed by atoms with Crippen molar-refractivity contribution in [2.24, 2.45) is 0 Å². The Labute approximate surface area is 173 Å². The van der Waals surface area contributed by atoms with Crippen LogP contribution in [-0.2, 0) is 16.0 Å². The van der Waals surface area contributed by atoms with Gasteiger partial charge in [0.05, 0.1) is 23.4 Å². The molecule has 0 atom stereocenters. The largest absolute Gasteiger partial charge is 0.480 e. The fraction of sp³-hybridized carbons (Fsp3) is 0.125. The quantitative estimate of drug-likeness (QED) is 0.446. The van der Waals surface area contributed by atoms with Crippen LogP contribution in [0.1, 0.15) is 26.3 Å². The molecule has 0 aliphatic carbocycles. The number of amides is 2. The first kappa shape index (κ1) is 19.4. The number of nitrogens with zero attached hydrogens (tertiary/aromatic N) is 1. The first-order valence-electron chi connectivity index (χ1n) is 9.54. The Hall–Kier alpha value is -3.93. The Kier molecular flexibility index (Phi) is 5.57. The van der Waals surface area contributed by atoms with Gasteiger partial charge >= 0.3 is 5.97 Å². The van der Waals surface area contributed by atoms with Gasteiger partial charge in [-0.15, -0.1) is 0 Å². The van der Waals surface area contributed by atoms with E-state index in [1.807, 2.05) is 30.3 Å². The van der Waals surface area contributed by atoms with E-state index in [2.05, 4.69) is 0 Å². The minimum absolute atomic E-state index is 0.242. The molecule has 1 aliphatic rings. The van der Waals surface area contributed by atoms with Crippen LogP contribution in [0.2, 0.25) is 0 Å². The summed E-state index contributed by atoms with van der Waals surface area (Å²) in [4.78, 5) is 38.6. The number of imide groups is 1. The van der Waals surface area contributed by atoms with Gasteiger partial charge < -0.3 is 9.47 Å². The summed E-state index contributed by atoms with van der Waals surface area (Å²) in [6, 6.07) is 23.0. The molecule has 6 nitrogen and oxygen atoms in total. The Morgan fingerprint density at radius 2 is 1.37 bits per heavy atom. The van der Waals surface area contributed by atoms with Crippen LogP contribution in [0.5, 0.6) is 5.75 Å². The zero-order valence-electron chi connectivity index (χ0n) is 16.1. The number of anilines is 1. The number of carbonyl (C=O) groups is 3. The zero-order chi connectivity index (χ0) is 20.9. The lowest BCUT2D eigenvalue weighted by Gasteiger charge is -2.18. The second kappa shape index (κ2) is 8.61. The Balaban J connectivity index is 1.40. The van der Waals surface area contributed by atoms with Crippen molar-refractivity contribution >= 4 is 23.5 Å². The predicted octanol–water partition coefficient (Wildman–Crippen LogP) is 3.65. The number of esters is 1. The molecule has 150 valence electrons. The second-order valence-electron chi connectivity index (χ2n) is 6.70. The maximum Gasteiger partial charge on any atom is 0.344 e. The number of carbonyl (C=O) groups excluding carboxylic acids is 3. The maximum absolute atomic E-state index is 12.7. The van der Waals surface area contributed by atoms with Crippen LogP contribution in [0.4, 0.5) is 5.69 Å². The highest BCUT2D eigenvalue weighted by Gasteiger charge is 2.37. The first-order valence-corrected chi connectivity index (χ1v) is 9.54. The van der Waals surface area contributed by atoms with E-state index in [0.717, 1.165) is 10.5 Å². The zero-order valence-corrected chi connectivity index (χ0v) is 16.1. The summed E-state index contributed by atoms with van der Waals surface area (Å²) in [6.07, 6.45) is 0.609. The molecule has 0 fully saturated rings. The molecule has 0 saturated heterocycles. The van der Waals surface area contributed by atoms with Crippen molar-refractivity contribution in [3.63, 3.8) is 0 Å². The smallest absolute Gasteiger partial charge is 0.344 e. The topological polar surface area (TPSA) is 72.9 Å². The number of fused-ring (bicyclic) bond motifs is 1. The standard InChI is InChI=1S/C24H19NO5/c26-22(29-15-14-17-8-2-1-3-9-17)16-30-21-13-7-6-12-20(21)25-23(27)18-10-4-5-11-19(18)24(25)28/h1-13H,14-16H2. The van der Waals surface area contributed by atoms with Crippen LogP contribution in [0.15, 0.2) is 78.9 Å². The molecule has 3 aromatic carbocycles. The van der Waals surface area contributed by atoms with Gasteiger partial charge in [0, 0.05) is 6.42 Å². The van der Waals surface area contributed by atoms with Crippen LogP contribution >= 0.6 is 0 Å². The highest BCUT2D eigenvalue weighted by Crippen LogP contribution is 2.34. The van der Waals surface area contributed by atoms with E-state index in [-0.39, 0.29) is 19.0 Å². The predicted molar refractivity (Wildman–Crippen MR) is 111 cm³/mol. The van der Waals surface area contributed by atoms with Crippen molar-refractivity contribution < 1.29 is 23.9 Å². The molecule has 4 rings (SSSR count). The molecule has 0 unspecified atom stereocenters. The van der Waals surface area contributed by atoms with Gasteiger partial charge in [-0.3, -0.25) is 9.59 Å². The molecular weight excluding hydrogens is 382 g/mol. The van der Waals surface area contributed by atoms with Crippen LogP contribution < -0.4 is 9.64 Å². The van der Waals surface area contributed by atoms with E-state index < -0.39 is 17.8 Å². The molecule has 30 heavy (non-hydrogen) atoms. The Morgan fingerprint density at radius 1 is 0.767 bits per heavy atom. The van der Waals surface area contributed by atoms with Crippen LogP contribution in [-0.4, -0.2) is 31.0 Å². The SMILES string of the molecule is O=C(COc1ccccc1N1C(=O)c2ccccc2C1=O)OCCc1ccccc1. The third-order valence-electron chi connectivity index (χ3n) is 4.74. The van der Waals surface area contributed by atoms with E-state index in [9.17, 15) is 14.4 Å². The minimum Gasteiger partial charge on any atom is -0.480 e. The van der Waals surface area contributed by atoms with Crippen molar-refractivity contribution in [3.05, 3.63) is 95.6 Å².